The molecule has 1 amide bonds. The van der Waals surface area contributed by atoms with Crippen molar-refractivity contribution in [1.82, 2.24) is 10.1 Å². The van der Waals surface area contributed by atoms with Crippen molar-refractivity contribution in [1.29, 1.82) is 0 Å². The van der Waals surface area contributed by atoms with E-state index in [1.807, 2.05) is 12.1 Å². The van der Waals surface area contributed by atoms with E-state index in [1.54, 1.807) is 12.1 Å². The monoisotopic (exact) mass is 289 g/mol. The van der Waals surface area contributed by atoms with E-state index >= 15 is 0 Å². The first-order valence-electron chi connectivity index (χ1n) is 6.99. The summed E-state index contributed by atoms with van der Waals surface area (Å²) in [5.74, 6) is 1.58. The molecule has 0 saturated carbocycles. The molecule has 0 aliphatic carbocycles. The van der Waals surface area contributed by atoms with Crippen molar-refractivity contribution >= 4 is 5.91 Å². The van der Waals surface area contributed by atoms with E-state index in [0.717, 1.165) is 18.4 Å². The van der Waals surface area contributed by atoms with Gasteiger partial charge in [-0.3, -0.25) is 4.79 Å². The fraction of sp³-hybridized carbons (Fsp3) is 0.400. The minimum absolute atomic E-state index is 0.139. The molecule has 0 radical (unpaired) electrons. The minimum atomic E-state index is -0.507. The Bertz CT molecular complexity index is 588. The van der Waals surface area contributed by atoms with Gasteiger partial charge in [0.15, 0.2) is 6.61 Å². The maximum atomic E-state index is 10.6. The number of amides is 1. The molecule has 112 valence electrons. The number of nitrogens with zero attached hydrogens (tertiary/aromatic N) is 2. The van der Waals surface area contributed by atoms with Crippen LogP contribution in [0.5, 0.6) is 5.75 Å². The summed E-state index contributed by atoms with van der Waals surface area (Å²) in [5, 5.41) is 4.01. The zero-order valence-corrected chi connectivity index (χ0v) is 12.2. The van der Waals surface area contributed by atoms with Gasteiger partial charge in [0.1, 0.15) is 5.75 Å². The van der Waals surface area contributed by atoms with Gasteiger partial charge in [0.05, 0.1) is 0 Å². The Balaban J connectivity index is 2.10. The summed E-state index contributed by atoms with van der Waals surface area (Å²) in [5.41, 5.74) is 5.86. The summed E-state index contributed by atoms with van der Waals surface area (Å²) < 4.78 is 10.5. The van der Waals surface area contributed by atoms with Gasteiger partial charge in [-0.15, -0.1) is 0 Å². The van der Waals surface area contributed by atoms with E-state index in [4.69, 9.17) is 15.0 Å². The van der Waals surface area contributed by atoms with Gasteiger partial charge in [-0.2, -0.15) is 4.98 Å². The van der Waals surface area contributed by atoms with Gasteiger partial charge >= 0.3 is 0 Å². The van der Waals surface area contributed by atoms with E-state index in [2.05, 4.69) is 24.0 Å². The molecule has 2 N–H and O–H groups in total. The van der Waals surface area contributed by atoms with Crippen LogP contribution in [0, 0.1) is 0 Å². The Labute approximate surface area is 123 Å². The maximum absolute atomic E-state index is 10.6. The number of aromatic nitrogens is 2. The molecule has 0 aliphatic rings. The number of benzene rings is 1. The van der Waals surface area contributed by atoms with Crippen LogP contribution in [0.1, 0.15) is 38.5 Å². The summed E-state index contributed by atoms with van der Waals surface area (Å²) in [6, 6.07) is 7.12. The first kappa shape index (κ1) is 15.0. The van der Waals surface area contributed by atoms with E-state index in [-0.39, 0.29) is 6.61 Å². The Morgan fingerprint density at radius 1 is 1.29 bits per heavy atom. The zero-order valence-electron chi connectivity index (χ0n) is 12.2. The lowest BCUT2D eigenvalue weighted by Gasteiger charge is -2.04. The quantitative estimate of drug-likeness (QED) is 0.845. The predicted octanol–water partition coefficient (Wildman–Crippen LogP) is 2.50. The van der Waals surface area contributed by atoms with Crippen molar-refractivity contribution in [3.8, 4) is 17.1 Å². The topological polar surface area (TPSA) is 91.2 Å². The molecule has 0 unspecified atom stereocenters. The van der Waals surface area contributed by atoms with Crippen LogP contribution < -0.4 is 10.5 Å². The number of ether oxygens (including phenoxy) is 1. The predicted molar refractivity (Wildman–Crippen MR) is 77.7 cm³/mol. The molecule has 0 bridgehead atoms. The molecular formula is C15H19N3O3. The number of nitrogens with two attached hydrogens (primary N) is 1. The van der Waals surface area contributed by atoms with Crippen molar-refractivity contribution in [3.63, 3.8) is 0 Å². The van der Waals surface area contributed by atoms with Crippen LogP contribution in [0.25, 0.3) is 11.4 Å². The maximum Gasteiger partial charge on any atom is 0.255 e. The summed E-state index contributed by atoms with van der Waals surface area (Å²) >= 11 is 0. The largest absolute Gasteiger partial charge is 0.484 e. The molecule has 21 heavy (non-hydrogen) atoms. The van der Waals surface area contributed by atoms with Crippen LogP contribution in [0.4, 0.5) is 0 Å². The van der Waals surface area contributed by atoms with Crippen LogP contribution in [-0.4, -0.2) is 22.7 Å². The Morgan fingerprint density at radius 3 is 2.52 bits per heavy atom. The van der Waals surface area contributed by atoms with Gasteiger partial charge < -0.3 is 15.0 Å². The highest BCUT2D eigenvalue weighted by Gasteiger charge is 2.16. The van der Waals surface area contributed by atoms with Crippen molar-refractivity contribution in [2.45, 2.75) is 32.6 Å². The van der Waals surface area contributed by atoms with Gasteiger partial charge in [0, 0.05) is 11.5 Å². The fourth-order valence-corrected chi connectivity index (χ4v) is 2.01. The fourth-order valence-electron chi connectivity index (χ4n) is 2.01. The highest BCUT2D eigenvalue weighted by atomic mass is 16.5. The van der Waals surface area contributed by atoms with E-state index in [0.29, 0.717) is 23.4 Å². The third kappa shape index (κ3) is 3.81. The molecule has 1 heterocycles. The Morgan fingerprint density at radius 2 is 1.95 bits per heavy atom. The van der Waals surface area contributed by atoms with Crippen molar-refractivity contribution in [2.75, 3.05) is 6.61 Å². The summed E-state index contributed by atoms with van der Waals surface area (Å²) in [6.07, 6.45) is 1.94. The lowest BCUT2D eigenvalue weighted by atomic mass is 10.0. The SMILES string of the molecule is CCC(CC)c1nc(-c2ccc(OCC(N)=O)cc2)no1. The van der Waals surface area contributed by atoms with Crippen LogP contribution in [0.3, 0.4) is 0 Å². The number of primary amides is 1. The number of carbonyl (C=O) groups excluding carboxylic acids is 1. The smallest absolute Gasteiger partial charge is 0.255 e. The van der Waals surface area contributed by atoms with E-state index in [9.17, 15) is 4.79 Å². The lowest BCUT2D eigenvalue weighted by Crippen LogP contribution is -2.19. The molecule has 1 aromatic carbocycles. The Hall–Kier alpha value is -2.37. The number of rotatable bonds is 7. The summed E-state index contributed by atoms with van der Waals surface area (Å²) in [4.78, 5) is 15.1. The third-order valence-corrected chi connectivity index (χ3v) is 3.27. The lowest BCUT2D eigenvalue weighted by molar-refractivity contribution is -0.119. The van der Waals surface area contributed by atoms with Crippen molar-refractivity contribution in [3.05, 3.63) is 30.2 Å². The second-order valence-corrected chi connectivity index (χ2v) is 4.75. The van der Waals surface area contributed by atoms with Gasteiger partial charge in [-0.1, -0.05) is 19.0 Å². The average molecular weight is 289 g/mol. The molecule has 0 saturated heterocycles. The van der Waals surface area contributed by atoms with Gasteiger partial charge in [-0.05, 0) is 37.1 Å². The van der Waals surface area contributed by atoms with Crippen LogP contribution >= 0.6 is 0 Å². The normalized spacial score (nSPS) is 10.8. The molecule has 6 nitrogen and oxygen atoms in total. The molecule has 0 atom stereocenters. The van der Waals surface area contributed by atoms with Crippen molar-refractivity contribution < 1.29 is 14.1 Å². The highest BCUT2D eigenvalue weighted by Crippen LogP contribution is 2.25. The summed E-state index contributed by atoms with van der Waals surface area (Å²) in [6.45, 7) is 4.06. The molecular weight excluding hydrogens is 270 g/mol. The number of hydrogen-bond donors (Lipinski definition) is 1. The molecule has 1 aromatic heterocycles. The van der Waals surface area contributed by atoms with E-state index < -0.39 is 5.91 Å². The molecule has 2 rings (SSSR count). The van der Waals surface area contributed by atoms with Crippen molar-refractivity contribution in [2.24, 2.45) is 5.73 Å². The second-order valence-electron chi connectivity index (χ2n) is 4.75. The van der Waals surface area contributed by atoms with Gasteiger partial charge in [-0.25, -0.2) is 0 Å². The van der Waals surface area contributed by atoms with Gasteiger partial charge in [0.2, 0.25) is 11.7 Å². The van der Waals surface area contributed by atoms with Crippen LogP contribution in [-0.2, 0) is 4.79 Å². The average Bonchev–Trinajstić information content (AvgIpc) is 2.97. The van der Waals surface area contributed by atoms with E-state index in [1.165, 1.54) is 0 Å². The van der Waals surface area contributed by atoms with Crippen LogP contribution in [0.15, 0.2) is 28.8 Å². The van der Waals surface area contributed by atoms with Gasteiger partial charge in [0.25, 0.3) is 5.91 Å². The third-order valence-electron chi connectivity index (χ3n) is 3.27. The summed E-state index contributed by atoms with van der Waals surface area (Å²) in [7, 11) is 0. The second kappa shape index (κ2) is 6.88. The standard InChI is InChI=1S/C15H19N3O3/c1-3-10(4-2)15-17-14(18-21-15)11-5-7-12(8-6-11)20-9-13(16)19/h5-8,10H,3-4,9H2,1-2H3,(H2,16,19). The molecule has 0 fully saturated rings. The zero-order chi connectivity index (χ0) is 15.2. The molecule has 0 aliphatic heterocycles. The highest BCUT2D eigenvalue weighted by molar-refractivity contribution is 5.75. The Kier molecular flexibility index (Phi) is 4.92. The first-order chi connectivity index (χ1) is 10.1. The number of hydrogen-bond acceptors (Lipinski definition) is 5. The molecule has 6 heteroatoms. The number of carbonyl (C=O) groups is 1. The minimum Gasteiger partial charge on any atom is -0.484 e. The molecule has 2 aromatic rings. The first-order valence-corrected chi connectivity index (χ1v) is 6.99. The van der Waals surface area contributed by atoms with Crippen LogP contribution in [0.2, 0.25) is 0 Å². The molecule has 0 spiro atoms.